The van der Waals surface area contributed by atoms with E-state index in [4.69, 9.17) is 10.9 Å². The molecule has 1 unspecified atom stereocenters. The van der Waals surface area contributed by atoms with Crippen molar-refractivity contribution in [1.82, 2.24) is 5.32 Å². The molecule has 1 aromatic carbocycles. The molecule has 0 aliphatic heterocycles. The predicted molar refractivity (Wildman–Crippen MR) is 68.4 cm³/mol. The first-order valence-electron chi connectivity index (χ1n) is 5.23. The molecular formula is C11H15BrFN3O. The van der Waals surface area contributed by atoms with Gasteiger partial charge in [-0.15, -0.1) is 0 Å². The van der Waals surface area contributed by atoms with Crippen LogP contribution >= 0.6 is 15.9 Å². The second kappa shape index (κ2) is 6.56. The molecule has 0 aromatic heterocycles. The highest BCUT2D eigenvalue weighted by atomic mass is 79.9. The Labute approximate surface area is 108 Å². The van der Waals surface area contributed by atoms with Gasteiger partial charge in [0.25, 0.3) is 0 Å². The molecule has 0 radical (unpaired) electrons. The normalized spacial score (nSPS) is 13.7. The number of oxime groups is 1. The molecule has 4 N–H and O–H groups in total. The fraction of sp³-hybridized carbons (Fsp3) is 0.364. The van der Waals surface area contributed by atoms with Crippen molar-refractivity contribution in [2.45, 2.75) is 25.9 Å². The van der Waals surface area contributed by atoms with Gasteiger partial charge in [-0.3, -0.25) is 0 Å². The quantitative estimate of drug-likeness (QED) is 0.338. The van der Waals surface area contributed by atoms with Gasteiger partial charge < -0.3 is 16.3 Å². The van der Waals surface area contributed by atoms with Crippen molar-refractivity contribution in [3.8, 4) is 0 Å². The molecule has 0 bridgehead atoms. The summed E-state index contributed by atoms with van der Waals surface area (Å²) in [5.41, 5.74) is 6.30. The Balaban J connectivity index is 2.69. The Hall–Kier alpha value is -1.14. The molecule has 6 heteroatoms. The first-order chi connectivity index (χ1) is 8.08. The van der Waals surface area contributed by atoms with Gasteiger partial charge >= 0.3 is 0 Å². The van der Waals surface area contributed by atoms with E-state index in [1.807, 2.05) is 6.92 Å². The lowest BCUT2D eigenvalue weighted by atomic mass is 10.1. The van der Waals surface area contributed by atoms with Gasteiger partial charge in [0.1, 0.15) is 5.82 Å². The number of hydrogen-bond donors (Lipinski definition) is 3. The molecule has 0 spiro atoms. The van der Waals surface area contributed by atoms with E-state index < -0.39 is 0 Å². The van der Waals surface area contributed by atoms with Crippen LogP contribution in [0.2, 0.25) is 0 Å². The molecule has 0 amide bonds. The predicted octanol–water partition coefficient (Wildman–Crippen LogP) is 2.20. The van der Waals surface area contributed by atoms with Crippen LogP contribution in [0.1, 0.15) is 18.9 Å². The van der Waals surface area contributed by atoms with E-state index in [0.29, 0.717) is 13.0 Å². The lowest BCUT2D eigenvalue weighted by Gasteiger charge is -2.15. The van der Waals surface area contributed by atoms with Crippen molar-refractivity contribution in [1.29, 1.82) is 0 Å². The van der Waals surface area contributed by atoms with Crippen molar-refractivity contribution in [2.75, 3.05) is 0 Å². The first kappa shape index (κ1) is 13.9. The van der Waals surface area contributed by atoms with Crippen LogP contribution in [0.15, 0.2) is 27.8 Å². The standard InChI is InChI=1S/C11H15BrFN3O/c1-2-10(11(14)16-17)15-6-7-5-8(13)3-4-9(7)12/h3-5,10,15,17H,2,6H2,1H3,(H2,14,16). The van der Waals surface area contributed by atoms with Crippen LogP contribution in [-0.2, 0) is 6.54 Å². The van der Waals surface area contributed by atoms with Crippen molar-refractivity contribution >= 4 is 21.8 Å². The number of nitrogens with two attached hydrogens (primary N) is 1. The molecule has 0 fully saturated rings. The summed E-state index contributed by atoms with van der Waals surface area (Å²) in [6, 6.07) is 4.25. The third-order valence-corrected chi connectivity index (χ3v) is 3.20. The van der Waals surface area contributed by atoms with Crippen LogP contribution in [0.4, 0.5) is 4.39 Å². The number of nitrogens with zero attached hydrogens (tertiary/aromatic N) is 1. The highest BCUT2D eigenvalue weighted by Crippen LogP contribution is 2.17. The summed E-state index contributed by atoms with van der Waals surface area (Å²) in [7, 11) is 0. The van der Waals surface area contributed by atoms with Gasteiger partial charge in [0, 0.05) is 11.0 Å². The molecule has 0 saturated heterocycles. The number of nitrogens with one attached hydrogen (secondary N) is 1. The highest BCUT2D eigenvalue weighted by Gasteiger charge is 2.11. The molecule has 0 aliphatic rings. The zero-order valence-electron chi connectivity index (χ0n) is 9.45. The smallest absolute Gasteiger partial charge is 0.156 e. The van der Waals surface area contributed by atoms with Gasteiger partial charge in [-0.1, -0.05) is 28.0 Å². The van der Waals surface area contributed by atoms with Gasteiger partial charge in [0.05, 0.1) is 6.04 Å². The summed E-state index contributed by atoms with van der Waals surface area (Å²) in [6.45, 7) is 2.35. The second-order valence-electron chi connectivity index (χ2n) is 3.60. The first-order valence-corrected chi connectivity index (χ1v) is 6.02. The highest BCUT2D eigenvalue weighted by molar-refractivity contribution is 9.10. The summed E-state index contributed by atoms with van der Waals surface area (Å²) in [5, 5.41) is 14.6. The van der Waals surface area contributed by atoms with E-state index in [9.17, 15) is 4.39 Å². The summed E-state index contributed by atoms with van der Waals surface area (Å²) < 4.78 is 13.9. The van der Waals surface area contributed by atoms with Crippen LogP contribution in [-0.4, -0.2) is 17.1 Å². The SMILES string of the molecule is CCC(NCc1cc(F)ccc1Br)C(N)=NO. The maximum absolute atomic E-state index is 13.0. The van der Waals surface area contributed by atoms with E-state index in [1.54, 1.807) is 6.07 Å². The van der Waals surface area contributed by atoms with E-state index in [0.717, 1.165) is 10.0 Å². The zero-order chi connectivity index (χ0) is 12.8. The van der Waals surface area contributed by atoms with Crippen LogP contribution in [0.25, 0.3) is 0 Å². The average Bonchev–Trinajstić information content (AvgIpc) is 2.33. The summed E-state index contributed by atoms with van der Waals surface area (Å²) in [4.78, 5) is 0. The van der Waals surface area contributed by atoms with Crippen molar-refractivity contribution in [3.63, 3.8) is 0 Å². The van der Waals surface area contributed by atoms with Gasteiger partial charge in [0.2, 0.25) is 0 Å². The van der Waals surface area contributed by atoms with Crippen molar-refractivity contribution < 1.29 is 9.60 Å². The molecule has 1 rings (SSSR count). The van der Waals surface area contributed by atoms with Crippen LogP contribution in [0.3, 0.4) is 0 Å². The lowest BCUT2D eigenvalue weighted by Crippen LogP contribution is -2.40. The van der Waals surface area contributed by atoms with Crippen molar-refractivity contribution in [2.24, 2.45) is 10.9 Å². The summed E-state index contributed by atoms with van der Waals surface area (Å²) >= 11 is 3.34. The topological polar surface area (TPSA) is 70.6 Å². The molecule has 0 aliphatic carbocycles. The Kier molecular flexibility index (Phi) is 5.37. The third kappa shape index (κ3) is 3.98. The largest absolute Gasteiger partial charge is 0.409 e. The minimum atomic E-state index is -0.290. The number of hydrogen-bond acceptors (Lipinski definition) is 3. The van der Waals surface area contributed by atoms with E-state index >= 15 is 0 Å². The molecule has 4 nitrogen and oxygen atoms in total. The maximum atomic E-state index is 13.0. The van der Waals surface area contributed by atoms with Gasteiger partial charge in [-0.2, -0.15) is 0 Å². The van der Waals surface area contributed by atoms with Gasteiger partial charge in [0.15, 0.2) is 5.84 Å². The molecule has 0 heterocycles. The summed E-state index contributed by atoms with van der Waals surface area (Å²) in [6.07, 6.45) is 0.683. The molecule has 94 valence electrons. The maximum Gasteiger partial charge on any atom is 0.156 e. The molecule has 1 aromatic rings. The van der Waals surface area contributed by atoms with Gasteiger partial charge in [-0.25, -0.2) is 4.39 Å². The van der Waals surface area contributed by atoms with Crippen LogP contribution in [0.5, 0.6) is 0 Å². The van der Waals surface area contributed by atoms with Gasteiger partial charge in [-0.05, 0) is 30.2 Å². The Morgan fingerprint density at radius 1 is 1.65 bits per heavy atom. The van der Waals surface area contributed by atoms with Crippen LogP contribution in [0, 0.1) is 5.82 Å². The number of halogens is 2. The summed E-state index contributed by atoms with van der Waals surface area (Å²) in [5.74, 6) is -0.165. The minimum Gasteiger partial charge on any atom is -0.409 e. The van der Waals surface area contributed by atoms with Crippen molar-refractivity contribution in [3.05, 3.63) is 34.1 Å². The van der Waals surface area contributed by atoms with E-state index in [-0.39, 0.29) is 17.7 Å². The average molecular weight is 304 g/mol. The fourth-order valence-electron chi connectivity index (χ4n) is 1.44. The second-order valence-corrected chi connectivity index (χ2v) is 4.46. The Morgan fingerprint density at radius 3 is 2.94 bits per heavy atom. The monoisotopic (exact) mass is 303 g/mol. The zero-order valence-corrected chi connectivity index (χ0v) is 11.0. The fourth-order valence-corrected chi connectivity index (χ4v) is 1.83. The Bertz CT molecular complexity index is 412. The lowest BCUT2D eigenvalue weighted by molar-refractivity contribution is 0.314. The number of benzene rings is 1. The number of rotatable bonds is 5. The molecule has 0 saturated carbocycles. The molecular weight excluding hydrogens is 289 g/mol. The molecule has 1 atom stereocenters. The number of amidine groups is 1. The minimum absolute atomic E-state index is 0.125. The van der Waals surface area contributed by atoms with E-state index in [2.05, 4.69) is 26.4 Å². The Morgan fingerprint density at radius 2 is 2.35 bits per heavy atom. The van der Waals surface area contributed by atoms with Crippen LogP contribution < -0.4 is 11.1 Å². The van der Waals surface area contributed by atoms with E-state index in [1.165, 1.54) is 12.1 Å². The molecule has 17 heavy (non-hydrogen) atoms. The third-order valence-electron chi connectivity index (χ3n) is 2.43.